The van der Waals surface area contributed by atoms with Crippen LogP contribution in [0.3, 0.4) is 0 Å². The van der Waals surface area contributed by atoms with Gasteiger partial charge in [0.1, 0.15) is 11.8 Å². The van der Waals surface area contributed by atoms with Gasteiger partial charge in [-0.2, -0.15) is 0 Å². The first kappa shape index (κ1) is 19.0. The molecule has 0 saturated carbocycles. The first-order chi connectivity index (χ1) is 13.9. The summed E-state index contributed by atoms with van der Waals surface area (Å²) in [5.41, 5.74) is 3.49. The smallest absolute Gasteiger partial charge is 0.419 e. The van der Waals surface area contributed by atoms with E-state index in [1.54, 1.807) is 25.2 Å². The highest BCUT2D eigenvalue weighted by atomic mass is 35.5. The van der Waals surface area contributed by atoms with Gasteiger partial charge >= 0.3 is 5.76 Å². The van der Waals surface area contributed by atoms with Gasteiger partial charge in [-0.05, 0) is 36.2 Å². The van der Waals surface area contributed by atoms with E-state index in [4.69, 9.17) is 20.8 Å². The molecule has 4 rings (SSSR count). The van der Waals surface area contributed by atoms with Gasteiger partial charge in [-0.25, -0.2) is 9.78 Å². The average molecular weight is 409 g/mol. The summed E-state index contributed by atoms with van der Waals surface area (Å²) in [5, 5.41) is 0.156. The fraction of sp³-hybridized carbons (Fsp3) is 0.136. The minimum atomic E-state index is -0.476. The maximum Gasteiger partial charge on any atom is 0.419 e. The van der Waals surface area contributed by atoms with Gasteiger partial charge in [-0.3, -0.25) is 9.36 Å². The minimum absolute atomic E-state index is 0.156. The number of benzene rings is 2. The largest absolute Gasteiger partial charge is 0.473 e. The fourth-order valence-corrected chi connectivity index (χ4v) is 3.42. The normalized spacial score (nSPS) is 11.0. The summed E-state index contributed by atoms with van der Waals surface area (Å²) in [6.45, 7) is 2.13. The van der Waals surface area contributed by atoms with Crippen molar-refractivity contribution < 1.29 is 13.9 Å². The Balaban J connectivity index is 1.66. The summed E-state index contributed by atoms with van der Waals surface area (Å²) in [5.74, 6) is -0.486. The van der Waals surface area contributed by atoms with E-state index in [-0.39, 0.29) is 16.8 Å². The standard InChI is InChI=1S/C22H17ClN2O4/c1-13-8-15(9-17-20(13)25(2)22(27)29-17)21(26)16-10-18(23)24-19(11-16)28-12-14-6-4-3-5-7-14/h3-11H,12H2,1-2H3. The highest BCUT2D eigenvalue weighted by Crippen LogP contribution is 2.24. The van der Waals surface area contributed by atoms with Crippen molar-refractivity contribution in [3.63, 3.8) is 0 Å². The number of hydrogen-bond acceptors (Lipinski definition) is 5. The first-order valence-corrected chi connectivity index (χ1v) is 9.29. The van der Waals surface area contributed by atoms with Crippen LogP contribution in [0.2, 0.25) is 5.15 Å². The third kappa shape index (κ3) is 3.79. The molecule has 0 amide bonds. The van der Waals surface area contributed by atoms with Crippen molar-refractivity contribution in [2.45, 2.75) is 13.5 Å². The summed E-state index contributed by atoms with van der Waals surface area (Å²) in [4.78, 5) is 29.0. The van der Waals surface area contributed by atoms with Gasteiger partial charge in [0.2, 0.25) is 5.88 Å². The molecule has 146 valence electrons. The molecule has 4 aromatic rings. The molecule has 0 bridgehead atoms. The number of pyridine rings is 1. The van der Waals surface area contributed by atoms with Crippen LogP contribution in [0, 0.1) is 6.92 Å². The second-order valence-corrected chi connectivity index (χ2v) is 7.07. The van der Waals surface area contributed by atoms with Gasteiger partial charge in [-0.15, -0.1) is 0 Å². The highest BCUT2D eigenvalue weighted by Gasteiger charge is 2.17. The Morgan fingerprint density at radius 3 is 2.62 bits per heavy atom. The zero-order chi connectivity index (χ0) is 20.5. The van der Waals surface area contributed by atoms with Crippen molar-refractivity contribution in [3.05, 3.63) is 92.6 Å². The van der Waals surface area contributed by atoms with E-state index >= 15 is 0 Å². The molecule has 29 heavy (non-hydrogen) atoms. The molecule has 2 aromatic carbocycles. The van der Waals surface area contributed by atoms with Crippen LogP contribution in [0.5, 0.6) is 5.88 Å². The van der Waals surface area contributed by atoms with Crippen molar-refractivity contribution in [1.29, 1.82) is 0 Å². The molecule has 0 aliphatic rings. The number of rotatable bonds is 5. The van der Waals surface area contributed by atoms with E-state index in [1.165, 1.54) is 10.6 Å². The number of ketones is 1. The van der Waals surface area contributed by atoms with E-state index in [1.807, 2.05) is 37.3 Å². The third-order valence-corrected chi connectivity index (χ3v) is 4.79. The number of aryl methyl sites for hydroxylation is 2. The van der Waals surface area contributed by atoms with Crippen molar-refractivity contribution in [2.75, 3.05) is 0 Å². The lowest BCUT2D eigenvalue weighted by Crippen LogP contribution is -2.09. The molecular formula is C22H17ClN2O4. The van der Waals surface area contributed by atoms with Gasteiger partial charge < -0.3 is 9.15 Å². The third-order valence-electron chi connectivity index (χ3n) is 4.60. The Hall–Kier alpha value is -3.38. The molecule has 0 saturated heterocycles. The lowest BCUT2D eigenvalue weighted by Gasteiger charge is -2.09. The Bertz CT molecular complexity index is 1280. The maximum atomic E-state index is 13.0. The van der Waals surface area contributed by atoms with Crippen LogP contribution in [-0.2, 0) is 13.7 Å². The van der Waals surface area contributed by atoms with Crippen LogP contribution in [-0.4, -0.2) is 15.3 Å². The van der Waals surface area contributed by atoms with E-state index < -0.39 is 5.76 Å². The molecule has 2 aromatic heterocycles. The number of carbonyl (C=O) groups is 1. The van der Waals surface area contributed by atoms with Gasteiger partial charge in [0.05, 0.1) is 5.52 Å². The number of nitrogens with zero attached hydrogens (tertiary/aromatic N) is 2. The number of ether oxygens (including phenoxy) is 1. The molecular weight excluding hydrogens is 392 g/mol. The molecule has 0 aliphatic heterocycles. The van der Waals surface area contributed by atoms with Crippen LogP contribution in [0.1, 0.15) is 27.0 Å². The predicted octanol–water partition coefficient (Wildman–Crippen LogP) is 4.30. The summed E-state index contributed by atoms with van der Waals surface area (Å²) < 4.78 is 12.3. The number of hydrogen-bond donors (Lipinski definition) is 0. The molecule has 0 N–H and O–H groups in total. The van der Waals surface area contributed by atoms with Crippen LogP contribution in [0.25, 0.3) is 11.1 Å². The zero-order valence-corrected chi connectivity index (χ0v) is 16.6. The van der Waals surface area contributed by atoms with Crippen LogP contribution in [0.4, 0.5) is 0 Å². The number of carbonyl (C=O) groups excluding carboxylic acids is 1. The lowest BCUT2D eigenvalue weighted by atomic mass is 10.0. The second-order valence-electron chi connectivity index (χ2n) is 6.69. The summed E-state index contributed by atoms with van der Waals surface area (Å²) >= 11 is 6.11. The van der Waals surface area contributed by atoms with E-state index in [0.29, 0.717) is 28.8 Å². The molecule has 0 atom stereocenters. The van der Waals surface area contributed by atoms with Crippen molar-refractivity contribution >= 4 is 28.5 Å². The molecule has 2 heterocycles. The van der Waals surface area contributed by atoms with Crippen LogP contribution >= 0.6 is 11.6 Å². The predicted molar refractivity (Wildman–Crippen MR) is 110 cm³/mol. The van der Waals surface area contributed by atoms with Crippen molar-refractivity contribution in [3.8, 4) is 5.88 Å². The van der Waals surface area contributed by atoms with Crippen molar-refractivity contribution in [1.82, 2.24) is 9.55 Å². The second kappa shape index (κ2) is 7.56. The molecule has 0 aliphatic carbocycles. The van der Waals surface area contributed by atoms with Crippen LogP contribution in [0.15, 0.2) is 63.8 Å². The van der Waals surface area contributed by atoms with Crippen LogP contribution < -0.4 is 10.5 Å². The number of halogens is 1. The molecule has 7 heteroatoms. The van der Waals surface area contributed by atoms with Crippen molar-refractivity contribution in [2.24, 2.45) is 7.05 Å². The SMILES string of the molecule is Cc1cc(C(=O)c2cc(Cl)nc(OCc3ccccc3)c2)cc2oc(=O)n(C)c12. The molecule has 0 unspecified atom stereocenters. The number of fused-ring (bicyclic) bond motifs is 1. The summed E-state index contributed by atoms with van der Waals surface area (Å²) in [6, 6.07) is 15.9. The topological polar surface area (TPSA) is 74.3 Å². The fourth-order valence-electron chi connectivity index (χ4n) is 3.22. The average Bonchev–Trinajstić information content (AvgIpc) is 3.00. The number of aromatic nitrogens is 2. The monoisotopic (exact) mass is 408 g/mol. The first-order valence-electron chi connectivity index (χ1n) is 8.91. The van der Waals surface area contributed by atoms with Gasteiger partial charge in [0.25, 0.3) is 0 Å². The Morgan fingerprint density at radius 2 is 1.86 bits per heavy atom. The van der Waals surface area contributed by atoms with E-state index in [2.05, 4.69) is 4.98 Å². The molecule has 0 radical (unpaired) electrons. The summed E-state index contributed by atoms with van der Waals surface area (Å²) in [6.07, 6.45) is 0. The number of oxazole rings is 1. The van der Waals surface area contributed by atoms with Gasteiger partial charge in [0, 0.05) is 24.2 Å². The Labute approximate surface area is 171 Å². The Morgan fingerprint density at radius 1 is 1.14 bits per heavy atom. The molecule has 0 fully saturated rings. The maximum absolute atomic E-state index is 13.0. The highest BCUT2D eigenvalue weighted by molar-refractivity contribution is 6.30. The molecule has 0 spiro atoms. The minimum Gasteiger partial charge on any atom is -0.473 e. The van der Waals surface area contributed by atoms with Gasteiger partial charge in [0.15, 0.2) is 11.4 Å². The molecule has 6 nitrogen and oxygen atoms in total. The van der Waals surface area contributed by atoms with E-state index in [9.17, 15) is 9.59 Å². The zero-order valence-electron chi connectivity index (χ0n) is 15.8. The summed E-state index contributed by atoms with van der Waals surface area (Å²) in [7, 11) is 1.63. The van der Waals surface area contributed by atoms with E-state index in [0.717, 1.165) is 11.1 Å². The Kier molecular flexibility index (Phi) is 4.94. The quantitative estimate of drug-likeness (QED) is 0.363. The lowest BCUT2D eigenvalue weighted by molar-refractivity contribution is 0.103. The van der Waals surface area contributed by atoms with Gasteiger partial charge in [-0.1, -0.05) is 41.9 Å².